The molecule has 82 valence electrons. The minimum absolute atomic E-state index is 0.0316. The summed E-state index contributed by atoms with van der Waals surface area (Å²) in [5.74, 6) is -1.17. The van der Waals surface area contributed by atoms with E-state index in [4.69, 9.17) is 9.52 Å². The lowest BCUT2D eigenvalue weighted by molar-refractivity contribution is 0.0698. The number of carboxylic acids is 1. The van der Waals surface area contributed by atoms with Gasteiger partial charge in [-0.2, -0.15) is 0 Å². The molecule has 0 aliphatic heterocycles. The molecule has 0 aliphatic rings. The van der Waals surface area contributed by atoms with E-state index in [1.807, 2.05) is 0 Å². The molecule has 5 nitrogen and oxygen atoms in total. The quantitative estimate of drug-likeness (QED) is 0.760. The van der Waals surface area contributed by atoms with Crippen molar-refractivity contribution in [3.05, 3.63) is 39.7 Å². The first-order valence-electron chi connectivity index (χ1n) is 4.50. The van der Waals surface area contributed by atoms with Crippen molar-refractivity contribution in [3.63, 3.8) is 0 Å². The van der Waals surface area contributed by atoms with Gasteiger partial charge in [-0.25, -0.2) is 4.79 Å². The minimum atomic E-state index is -1.28. The van der Waals surface area contributed by atoms with Crippen LogP contribution in [0.1, 0.15) is 16.1 Å². The fourth-order valence-electron chi connectivity index (χ4n) is 1.56. The van der Waals surface area contributed by atoms with Crippen molar-refractivity contribution in [1.29, 1.82) is 0 Å². The number of phenolic OH excluding ortho intramolecular Hbond substituents is 1. The maximum absolute atomic E-state index is 11.6. The van der Waals surface area contributed by atoms with Crippen molar-refractivity contribution >= 4 is 16.9 Å². The number of hydrogen-bond acceptors (Lipinski definition) is 4. The topological polar surface area (TPSA) is 87.7 Å². The summed E-state index contributed by atoms with van der Waals surface area (Å²) in [6.07, 6.45) is 0. The van der Waals surface area contributed by atoms with Gasteiger partial charge in [-0.1, -0.05) is 0 Å². The number of hydrogen-bond donors (Lipinski definition) is 2. The van der Waals surface area contributed by atoms with E-state index in [2.05, 4.69) is 0 Å². The Kier molecular flexibility index (Phi) is 2.16. The van der Waals surface area contributed by atoms with Gasteiger partial charge >= 0.3 is 5.97 Å². The van der Waals surface area contributed by atoms with Crippen molar-refractivity contribution in [2.75, 3.05) is 0 Å². The average Bonchev–Trinajstić information content (AvgIpc) is 2.14. The molecule has 0 radical (unpaired) electrons. The van der Waals surface area contributed by atoms with Gasteiger partial charge in [0.1, 0.15) is 17.1 Å². The van der Waals surface area contributed by atoms with E-state index in [0.717, 1.165) is 6.07 Å². The predicted octanol–water partition coefficient (Wildman–Crippen LogP) is 1.51. The number of carbonyl (C=O) groups is 1. The molecule has 0 unspecified atom stereocenters. The molecular weight excluding hydrogens is 212 g/mol. The summed E-state index contributed by atoms with van der Waals surface area (Å²) in [5.41, 5.74) is -0.623. The van der Waals surface area contributed by atoms with Crippen LogP contribution in [0.4, 0.5) is 0 Å². The number of phenols is 1. The van der Waals surface area contributed by atoms with Crippen LogP contribution in [0.15, 0.2) is 27.4 Å². The first-order chi connectivity index (χ1) is 7.49. The Morgan fingerprint density at radius 1 is 1.31 bits per heavy atom. The smallest absolute Gasteiger partial charge is 0.336 e. The summed E-state index contributed by atoms with van der Waals surface area (Å²) in [6.45, 7) is 1.57. The fraction of sp³-hybridized carbons (Fsp3) is 0.0909. The van der Waals surface area contributed by atoms with Crippen LogP contribution in [0.3, 0.4) is 0 Å². The molecule has 0 amide bonds. The van der Waals surface area contributed by atoms with E-state index in [1.165, 1.54) is 12.1 Å². The first kappa shape index (κ1) is 10.2. The van der Waals surface area contributed by atoms with Crippen molar-refractivity contribution in [2.24, 2.45) is 0 Å². The SMILES string of the molecule is Cc1cc(=O)c2c(C(=O)O)cc(O)cc2o1. The molecule has 0 saturated heterocycles. The van der Waals surface area contributed by atoms with Crippen LogP contribution in [0.25, 0.3) is 11.0 Å². The van der Waals surface area contributed by atoms with Crippen LogP contribution in [0.2, 0.25) is 0 Å². The van der Waals surface area contributed by atoms with Gasteiger partial charge in [-0.15, -0.1) is 0 Å². The molecular formula is C11H8O5. The zero-order valence-electron chi connectivity index (χ0n) is 8.35. The lowest BCUT2D eigenvalue weighted by Crippen LogP contribution is -2.07. The number of aromatic hydroxyl groups is 1. The summed E-state index contributed by atoms with van der Waals surface area (Å²) in [4.78, 5) is 22.5. The molecule has 2 N–H and O–H groups in total. The van der Waals surface area contributed by atoms with Crippen molar-refractivity contribution in [1.82, 2.24) is 0 Å². The Morgan fingerprint density at radius 3 is 2.62 bits per heavy atom. The van der Waals surface area contributed by atoms with Crippen LogP contribution in [0, 0.1) is 6.92 Å². The Morgan fingerprint density at radius 2 is 2.00 bits per heavy atom. The summed E-state index contributed by atoms with van der Waals surface area (Å²) in [7, 11) is 0. The van der Waals surface area contributed by atoms with Gasteiger partial charge in [0.15, 0.2) is 5.43 Å². The monoisotopic (exact) mass is 220 g/mol. The minimum Gasteiger partial charge on any atom is -0.508 e. The highest BCUT2D eigenvalue weighted by molar-refractivity contribution is 6.02. The van der Waals surface area contributed by atoms with Gasteiger partial charge in [-0.05, 0) is 13.0 Å². The van der Waals surface area contributed by atoms with Crippen LogP contribution in [-0.2, 0) is 0 Å². The molecule has 1 aromatic heterocycles. The Balaban J connectivity index is 3.01. The maximum atomic E-state index is 11.6. The Hall–Kier alpha value is -2.30. The maximum Gasteiger partial charge on any atom is 0.336 e. The number of benzene rings is 1. The lowest BCUT2D eigenvalue weighted by Gasteiger charge is -2.03. The number of aryl methyl sites for hydroxylation is 1. The molecule has 16 heavy (non-hydrogen) atoms. The molecule has 0 fully saturated rings. The summed E-state index contributed by atoms with van der Waals surface area (Å²) < 4.78 is 5.19. The van der Waals surface area contributed by atoms with E-state index in [1.54, 1.807) is 6.92 Å². The predicted molar refractivity (Wildman–Crippen MR) is 55.8 cm³/mol. The van der Waals surface area contributed by atoms with E-state index < -0.39 is 11.4 Å². The standard InChI is InChI=1S/C11H8O5/c1-5-2-8(13)10-7(11(14)15)3-6(12)4-9(10)16-5/h2-4,12H,1H3,(H,14,15). The Labute approximate surface area is 89.6 Å². The molecule has 0 saturated carbocycles. The molecule has 1 aromatic carbocycles. The number of fused-ring (bicyclic) bond motifs is 1. The van der Waals surface area contributed by atoms with Crippen LogP contribution < -0.4 is 5.43 Å². The third-order valence-corrected chi connectivity index (χ3v) is 2.17. The summed E-state index contributed by atoms with van der Waals surface area (Å²) >= 11 is 0. The number of rotatable bonds is 1. The molecule has 2 rings (SSSR count). The summed E-state index contributed by atoms with van der Waals surface area (Å²) in [6, 6.07) is 3.46. The fourth-order valence-corrected chi connectivity index (χ4v) is 1.56. The van der Waals surface area contributed by atoms with Crippen LogP contribution in [0.5, 0.6) is 5.75 Å². The molecule has 0 spiro atoms. The van der Waals surface area contributed by atoms with Gasteiger partial charge in [0.2, 0.25) is 0 Å². The zero-order chi connectivity index (χ0) is 11.9. The highest BCUT2D eigenvalue weighted by Gasteiger charge is 2.15. The summed E-state index contributed by atoms with van der Waals surface area (Å²) in [5, 5.41) is 18.2. The van der Waals surface area contributed by atoms with Crippen LogP contribution >= 0.6 is 0 Å². The zero-order valence-corrected chi connectivity index (χ0v) is 8.35. The van der Waals surface area contributed by atoms with Crippen molar-refractivity contribution in [2.45, 2.75) is 6.92 Å². The van der Waals surface area contributed by atoms with Gasteiger partial charge in [-0.3, -0.25) is 4.79 Å². The first-order valence-corrected chi connectivity index (χ1v) is 4.50. The third kappa shape index (κ3) is 1.52. The number of carboxylic acid groups (broad SMARTS) is 1. The van der Waals surface area contributed by atoms with Gasteiger partial charge in [0.25, 0.3) is 0 Å². The highest BCUT2D eigenvalue weighted by atomic mass is 16.4. The van der Waals surface area contributed by atoms with Crippen molar-refractivity contribution < 1.29 is 19.4 Å². The molecule has 0 atom stereocenters. The molecule has 0 aliphatic carbocycles. The second-order valence-electron chi connectivity index (χ2n) is 3.39. The van der Waals surface area contributed by atoms with Gasteiger partial charge in [0, 0.05) is 12.1 Å². The average molecular weight is 220 g/mol. The molecule has 0 bridgehead atoms. The normalized spacial score (nSPS) is 10.6. The largest absolute Gasteiger partial charge is 0.508 e. The van der Waals surface area contributed by atoms with Gasteiger partial charge < -0.3 is 14.6 Å². The molecule has 5 heteroatoms. The Bertz CT molecular complexity index is 633. The second-order valence-corrected chi connectivity index (χ2v) is 3.39. The highest BCUT2D eigenvalue weighted by Crippen LogP contribution is 2.23. The second kappa shape index (κ2) is 3.37. The van der Waals surface area contributed by atoms with E-state index in [-0.39, 0.29) is 22.3 Å². The van der Waals surface area contributed by atoms with Crippen LogP contribution in [-0.4, -0.2) is 16.2 Å². The van der Waals surface area contributed by atoms with E-state index in [0.29, 0.717) is 5.76 Å². The lowest BCUT2D eigenvalue weighted by atomic mass is 10.1. The van der Waals surface area contributed by atoms with Crippen molar-refractivity contribution in [3.8, 4) is 5.75 Å². The molecule has 2 aromatic rings. The number of aromatic carboxylic acids is 1. The molecule has 1 heterocycles. The van der Waals surface area contributed by atoms with E-state index in [9.17, 15) is 14.7 Å². The van der Waals surface area contributed by atoms with Gasteiger partial charge in [0.05, 0.1) is 10.9 Å². The van der Waals surface area contributed by atoms with E-state index >= 15 is 0 Å². The third-order valence-electron chi connectivity index (χ3n) is 2.17.